The lowest BCUT2D eigenvalue weighted by atomic mass is 10.0. The maximum absolute atomic E-state index is 13.2. The molecule has 2 heteroatoms. The van der Waals surface area contributed by atoms with Crippen molar-refractivity contribution < 1.29 is 8.78 Å². The maximum Gasteiger partial charge on any atom is 0.167 e. The highest BCUT2D eigenvalue weighted by molar-refractivity contribution is 6.07. The van der Waals surface area contributed by atoms with Gasteiger partial charge >= 0.3 is 0 Å². The zero-order valence-electron chi connectivity index (χ0n) is 8.30. The van der Waals surface area contributed by atoms with E-state index >= 15 is 0 Å². The molecule has 3 aromatic carbocycles. The summed E-state index contributed by atoms with van der Waals surface area (Å²) in [6, 6.07) is 14.9. The Hall–Kier alpha value is -1.96. The van der Waals surface area contributed by atoms with Crippen LogP contribution in [0.2, 0.25) is 0 Å². The van der Waals surface area contributed by atoms with E-state index in [1.165, 1.54) is 6.07 Å². The molecule has 77 valence electrons. The van der Waals surface area contributed by atoms with Crippen molar-refractivity contribution in [3.8, 4) is 0 Å². The van der Waals surface area contributed by atoms with Crippen LogP contribution in [0.5, 0.6) is 0 Å². The van der Waals surface area contributed by atoms with Crippen LogP contribution in [0.3, 0.4) is 0 Å². The molecule has 0 aliphatic carbocycles. The fourth-order valence-electron chi connectivity index (χ4n) is 1.93. The van der Waals surface area contributed by atoms with E-state index in [9.17, 15) is 8.78 Å². The van der Waals surface area contributed by atoms with E-state index < -0.39 is 11.6 Å². The molecule has 16 heavy (non-hydrogen) atoms. The quantitative estimate of drug-likeness (QED) is 0.494. The SMILES string of the molecule is Fc1[c]c2ccc3ccccc3c2cc1F. The number of hydrogen-bond donors (Lipinski definition) is 0. The third kappa shape index (κ3) is 1.27. The molecule has 0 spiro atoms. The van der Waals surface area contributed by atoms with Crippen LogP contribution in [0, 0.1) is 17.7 Å². The first-order valence-corrected chi connectivity index (χ1v) is 4.94. The van der Waals surface area contributed by atoms with Gasteiger partial charge in [-0.1, -0.05) is 36.4 Å². The predicted octanol–water partition coefficient (Wildman–Crippen LogP) is 4.07. The van der Waals surface area contributed by atoms with E-state index in [4.69, 9.17) is 0 Å². The molecule has 0 saturated carbocycles. The lowest BCUT2D eigenvalue weighted by molar-refractivity contribution is 0.509. The van der Waals surface area contributed by atoms with E-state index in [1.807, 2.05) is 30.3 Å². The number of rotatable bonds is 0. The molecule has 0 saturated heterocycles. The first-order valence-electron chi connectivity index (χ1n) is 4.94. The van der Waals surface area contributed by atoms with Crippen molar-refractivity contribution in [2.75, 3.05) is 0 Å². The number of halogens is 2. The van der Waals surface area contributed by atoms with Crippen molar-refractivity contribution in [1.82, 2.24) is 0 Å². The second-order valence-corrected chi connectivity index (χ2v) is 3.68. The van der Waals surface area contributed by atoms with Gasteiger partial charge < -0.3 is 0 Å². The molecule has 0 nitrogen and oxygen atoms in total. The van der Waals surface area contributed by atoms with Gasteiger partial charge in [0.1, 0.15) is 0 Å². The fourth-order valence-corrected chi connectivity index (χ4v) is 1.93. The topological polar surface area (TPSA) is 0 Å². The second-order valence-electron chi connectivity index (χ2n) is 3.68. The molecule has 0 N–H and O–H groups in total. The smallest absolute Gasteiger partial charge is 0.167 e. The lowest BCUT2D eigenvalue weighted by Crippen LogP contribution is -1.85. The molecule has 3 rings (SSSR count). The zero-order valence-corrected chi connectivity index (χ0v) is 8.30. The molecule has 0 heterocycles. The van der Waals surface area contributed by atoms with E-state index in [2.05, 4.69) is 6.07 Å². The summed E-state index contributed by atoms with van der Waals surface area (Å²) in [4.78, 5) is 0. The highest BCUT2D eigenvalue weighted by Gasteiger charge is 2.06. The van der Waals surface area contributed by atoms with Gasteiger partial charge in [0.05, 0.1) is 0 Å². The molecule has 0 aromatic heterocycles. The van der Waals surface area contributed by atoms with Gasteiger partial charge in [-0.2, -0.15) is 0 Å². The Bertz CT molecular complexity index is 687. The molecule has 0 aliphatic heterocycles. The molecule has 0 bridgehead atoms. The van der Waals surface area contributed by atoms with Crippen LogP contribution in [0.1, 0.15) is 0 Å². The van der Waals surface area contributed by atoms with E-state index in [0.717, 1.165) is 10.8 Å². The van der Waals surface area contributed by atoms with Gasteiger partial charge in [-0.05, 0) is 27.6 Å². The molecule has 0 amide bonds. The average molecular weight is 213 g/mol. The molecular formula is C14H7F2. The number of fused-ring (bicyclic) bond motifs is 3. The summed E-state index contributed by atoms with van der Waals surface area (Å²) < 4.78 is 26.2. The number of hydrogen-bond acceptors (Lipinski definition) is 0. The van der Waals surface area contributed by atoms with Crippen LogP contribution in [0.25, 0.3) is 21.5 Å². The molecule has 0 unspecified atom stereocenters. The monoisotopic (exact) mass is 213 g/mol. The summed E-state index contributed by atoms with van der Waals surface area (Å²) in [5.74, 6) is -1.79. The van der Waals surface area contributed by atoms with Crippen molar-refractivity contribution >= 4 is 21.5 Å². The van der Waals surface area contributed by atoms with Crippen LogP contribution in [0.4, 0.5) is 8.78 Å². The summed E-state index contributed by atoms with van der Waals surface area (Å²) in [6.07, 6.45) is 0. The first kappa shape index (κ1) is 9.28. The van der Waals surface area contributed by atoms with Crippen molar-refractivity contribution in [3.63, 3.8) is 0 Å². The molecule has 0 atom stereocenters. The second kappa shape index (κ2) is 3.27. The maximum atomic E-state index is 13.2. The molecule has 3 aromatic rings. The van der Waals surface area contributed by atoms with Gasteiger partial charge in [-0.25, -0.2) is 8.78 Å². The van der Waals surface area contributed by atoms with Gasteiger partial charge in [0.2, 0.25) is 0 Å². The van der Waals surface area contributed by atoms with Crippen LogP contribution >= 0.6 is 0 Å². The lowest BCUT2D eigenvalue weighted by Gasteiger charge is -2.03. The summed E-state index contributed by atoms with van der Waals surface area (Å²) in [6.45, 7) is 0. The molecule has 1 radical (unpaired) electrons. The minimum atomic E-state index is -0.928. The Morgan fingerprint density at radius 2 is 1.69 bits per heavy atom. The van der Waals surface area contributed by atoms with Crippen LogP contribution in [-0.2, 0) is 0 Å². The Kier molecular flexibility index (Phi) is 1.90. The molecule has 0 aliphatic rings. The minimum Gasteiger partial charge on any atom is -0.204 e. The van der Waals surface area contributed by atoms with Gasteiger partial charge in [0.25, 0.3) is 0 Å². The Balaban J connectivity index is 2.55. The number of benzene rings is 3. The van der Waals surface area contributed by atoms with Gasteiger partial charge in [-0.3, -0.25) is 0 Å². The average Bonchev–Trinajstić information content (AvgIpc) is 2.31. The zero-order chi connectivity index (χ0) is 11.1. The summed E-state index contributed by atoms with van der Waals surface area (Å²) in [5, 5.41) is 3.21. The van der Waals surface area contributed by atoms with Crippen LogP contribution in [0.15, 0.2) is 42.5 Å². The van der Waals surface area contributed by atoms with E-state index in [-0.39, 0.29) is 0 Å². The normalized spacial score (nSPS) is 11.1. The molecular weight excluding hydrogens is 206 g/mol. The summed E-state index contributed by atoms with van der Waals surface area (Å²) in [7, 11) is 0. The molecule has 0 fully saturated rings. The van der Waals surface area contributed by atoms with Crippen molar-refractivity contribution in [2.24, 2.45) is 0 Å². The first-order chi connectivity index (χ1) is 7.75. The summed E-state index contributed by atoms with van der Waals surface area (Å²) in [5.41, 5.74) is 0. The fraction of sp³-hybridized carbons (Fsp3) is 0. The van der Waals surface area contributed by atoms with Crippen molar-refractivity contribution in [3.05, 3.63) is 60.2 Å². The van der Waals surface area contributed by atoms with Crippen molar-refractivity contribution in [2.45, 2.75) is 0 Å². The van der Waals surface area contributed by atoms with E-state index in [0.29, 0.717) is 10.8 Å². The highest BCUT2D eigenvalue weighted by Crippen LogP contribution is 2.26. The van der Waals surface area contributed by atoms with Crippen LogP contribution < -0.4 is 0 Å². The Labute approximate surface area is 91.1 Å². The predicted molar refractivity (Wildman–Crippen MR) is 60.2 cm³/mol. The van der Waals surface area contributed by atoms with E-state index in [1.54, 1.807) is 6.07 Å². The highest BCUT2D eigenvalue weighted by atomic mass is 19.2. The summed E-state index contributed by atoms with van der Waals surface area (Å²) >= 11 is 0. The van der Waals surface area contributed by atoms with Gasteiger partial charge in [0.15, 0.2) is 11.6 Å². The van der Waals surface area contributed by atoms with Crippen LogP contribution in [-0.4, -0.2) is 0 Å². The minimum absolute atomic E-state index is 0.595. The standard InChI is InChI=1S/C14H7F2/c15-13-7-10-6-5-9-3-1-2-4-11(9)12(10)8-14(13)16/h1-6,8H. The Morgan fingerprint density at radius 3 is 2.56 bits per heavy atom. The third-order valence-corrected chi connectivity index (χ3v) is 2.70. The largest absolute Gasteiger partial charge is 0.204 e. The third-order valence-electron chi connectivity index (χ3n) is 2.70. The van der Waals surface area contributed by atoms with Crippen molar-refractivity contribution in [1.29, 1.82) is 0 Å². The van der Waals surface area contributed by atoms with Gasteiger partial charge in [0, 0.05) is 6.07 Å². The Morgan fingerprint density at radius 1 is 0.875 bits per heavy atom. The van der Waals surface area contributed by atoms with Gasteiger partial charge in [-0.15, -0.1) is 0 Å².